The molecule has 1 saturated heterocycles. The number of nitrogens with zero attached hydrogens (tertiary/aromatic N) is 3. The van der Waals surface area contributed by atoms with Gasteiger partial charge in [0.15, 0.2) is 0 Å². The van der Waals surface area contributed by atoms with E-state index in [1.54, 1.807) is 6.07 Å². The number of nitriles is 1. The van der Waals surface area contributed by atoms with Crippen LogP contribution in [0.1, 0.15) is 17.5 Å². The van der Waals surface area contributed by atoms with E-state index >= 15 is 0 Å². The Bertz CT molecular complexity index is 556. The van der Waals surface area contributed by atoms with E-state index in [9.17, 15) is 9.18 Å². The van der Waals surface area contributed by atoms with Gasteiger partial charge in [-0.1, -0.05) is 0 Å². The highest BCUT2D eigenvalue weighted by molar-refractivity contribution is 5.69. The first kappa shape index (κ1) is 15.4. The second-order valence-electron chi connectivity index (χ2n) is 5.22. The number of hydrogen-bond acceptors (Lipinski definition) is 4. The first-order valence-corrected chi connectivity index (χ1v) is 6.93. The third-order valence-corrected chi connectivity index (χ3v) is 3.61. The van der Waals surface area contributed by atoms with Gasteiger partial charge in [-0.05, 0) is 31.2 Å². The predicted molar refractivity (Wildman–Crippen MR) is 75.1 cm³/mol. The Labute approximate surface area is 123 Å². The molecule has 0 atom stereocenters. The highest BCUT2D eigenvalue weighted by Crippen LogP contribution is 2.14. The Morgan fingerprint density at radius 1 is 1.29 bits per heavy atom. The van der Waals surface area contributed by atoms with Gasteiger partial charge in [0.25, 0.3) is 0 Å². The molecule has 1 aliphatic heterocycles. The number of hydrogen-bond donors (Lipinski definition) is 1. The van der Waals surface area contributed by atoms with E-state index in [1.807, 2.05) is 11.0 Å². The molecule has 1 aromatic carbocycles. The fraction of sp³-hybridized carbons (Fsp3) is 0.467. The van der Waals surface area contributed by atoms with Crippen LogP contribution in [-0.4, -0.2) is 53.6 Å². The molecule has 0 saturated carbocycles. The lowest BCUT2D eigenvalue weighted by Crippen LogP contribution is -2.34. The van der Waals surface area contributed by atoms with E-state index in [4.69, 9.17) is 10.4 Å². The van der Waals surface area contributed by atoms with E-state index in [2.05, 4.69) is 4.90 Å². The Hall–Kier alpha value is -1.97. The molecule has 1 N–H and O–H groups in total. The van der Waals surface area contributed by atoms with E-state index in [0.29, 0.717) is 30.8 Å². The van der Waals surface area contributed by atoms with E-state index in [1.165, 1.54) is 12.1 Å². The molecular formula is C15H18FN3O2. The van der Waals surface area contributed by atoms with Gasteiger partial charge in [-0.3, -0.25) is 14.6 Å². The second-order valence-corrected chi connectivity index (χ2v) is 5.22. The minimum atomic E-state index is -0.823. The molecule has 1 aromatic rings. The lowest BCUT2D eigenvalue weighted by atomic mass is 10.1. The van der Waals surface area contributed by atoms with Crippen LogP contribution < -0.4 is 0 Å². The van der Waals surface area contributed by atoms with Crippen LogP contribution in [0.5, 0.6) is 0 Å². The van der Waals surface area contributed by atoms with Gasteiger partial charge in [0.05, 0.1) is 18.2 Å². The highest BCUT2D eigenvalue weighted by Gasteiger charge is 2.17. The topological polar surface area (TPSA) is 67.6 Å². The van der Waals surface area contributed by atoms with E-state index < -0.39 is 5.97 Å². The fourth-order valence-electron chi connectivity index (χ4n) is 2.54. The zero-order valence-electron chi connectivity index (χ0n) is 11.8. The molecule has 1 heterocycles. The van der Waals surface area contributed by atoms with Crippen molar-refractivity contribution in [1.29, 1.82) is 5.26 Å². The van der Waals surface area contributed by atoms with Crippen LogP contribution in [0.3, 0.4) is 0 Å². The van der Waals surface area contributed by atoms with Crippen molar-refractivity contribution in [1.82, 2.24) is 9.80 Å². The van der Waals surface area contributed by atoms with Gasteiger partial charge in [0, 0.05) is 31.7 Å². The van der Waals surface area contributed by atoms with Crippen molar-refractivity contribution < 1.29 is 14.3 Å². The van der Waals surface area contributed by atoms with Crippen LogP contribution in [0.2, 0.25) is 0 Å². The summed E-state index contributed by atoms with van der Waals surface area (Å²) in [4.78, 5) is 14.7. The Morgan fingerprint density at radius 2 is 2.00 bits per heavy atom. The van der Waals surface area contributed by atoms with Crippen LogP contribution in [0.15, 0.2) is 18.2 Å². The zero-order chi connectivity index (χ0) is 15.2. The van der Waals surface area contributed by atoms with Crippen molar-refractivity contribution in [2.45, 2.75) is 13.0 Å². The Balaban J connectivity index is 1.98. The minimum Gasteiger partial charge on any atom is -0.480 e. The molecule has 0 aliphatic carbocycles. The van der Waals surface area contributed by atoms with Crippen molar-refractivity contribution in [3.05, 3.63) is 35.1 Å². The first-order chi connectivity index (χ1) is 10.1. The highest BCUT2D eigenvalue weighted by atomic mass is 19.1. The van der Waals surface area contributed by atoms with Gasteiger partial charge >= 0.3 is 5.97 Å². The summed E-state index contributed by atoms with van der Waals surface area (Å²) >= 11 is 0. The van der Waals surface area contributed by atoms with Crippen molar-refractivity contribution in [2.24, 2.45) is 0 Å². The summed E-state index contributed by atoms with van der Waals surface area (Å²) in [6.45, 7) is 3.39. The third kappa shape index (κ3) is 4.52. The predicted octanol–water partition coefficient (Wildman–Crippen LogP) is 1.29. The quantitative estimate of drug-likeness (QED) is 0.905. The average Bonchev–Trinajstić information content (AvgIpc) is 2.66. The molecule has 1 aliphatic rings. The Morgan fingerprint density at radius 3 is 2.71 bits per heavy atom. The van der Waals surface area contributed by atoms with Gasteiger partial charge in [-0.2, -0.15) is 5.26 Å². The van der Waals surface area contributed by atoms with Crippen LogP contribution in [-0.2, 0) is 11.3 Å². The van der Waals surface area contributed by atoms with Crippen molar-refractivity contribution in [2.75, 3.05) is 32.7 Å². The normalized spacial score (nSPS) is 17.1. The monoisotopic (exact) mass is 291 g/mol. The van der Waals surface area contributed by atoms with Gasteiger partial charge in [0.2, 0.25) is 0 Å². The van der Waals surface area contributed by atoms with E-state index in [0.717, 1.165) is 19.5 Å². The maximum absolute atomic E-state index is 13.8. The fourth-order valence-corrected chi connectivity index (χ4v) is 2.54. The summed E-state index contributed by atoms with van der Waals surface area (Å²) in [5.41, 5.74) is 0.967. The molecule has 21 heavy (non-hydrogen) atoms. The molecule has 1 fully saturated rings. The van der Waals surface area contributed by atoms with Gasteiger partial charge in [-0.25, -0.2) is 4.39 Å². The minimum absolute atomic E-state index is 0.0477. The maximum atomic E-state index is 13.8. The standard InChI is InChI=1S/C15H18FN3O2/c16-14-3-2-12(9-17)8-13(14)10-18-4-1-5-19(7-6-18)11-15(20)21/h2-3,8H,1,4-7,10-11H2,(H,20,21). The summed E-state index contributed by atoms with van der Waals surface area (Å²) in [6.07, 6.45) is 0.854. The number of rotatable bonds is 4. The molecule has 0 unspecified atom stereocenters. The van der Waals surface area contributed by atoms with Crippen LogP contribution in [0.4, 0.5) is 4.39 Å². The van der Waals surface area contributed by atoms with Crippen molar-refractivity contribution in [3.8, 4) is 6.07 Å². The maximum Gasteiger partial charge on any atom is 0.317 e. The molecular weight excluding hydrogens is 273 g/mol. The number of carbonyl (C=O) groups is 1. The van der Waals surface area contributed by atoms with Crippen molar-refractivity contribution >= 4 is 5.97 Å². The number of halogens is 1. The molecule has 0 bridgehead atoms. The van der Waals surface area contributed by atoms with Gasteiger partial charge in [0.1, 0.15) is 5.82 Å². The smallest absolute Gasteiger partial charge is 0.317 e. The molecule has 112 valence electrons. The van der Waals surface area contributed by atoms with Crippen molar-refractivity contribution in [3.63, 3.8) is 0 Å². The Kier molecular flexibility index (Phi) is 5.26. The molecule has 2 rings (SSSR count). The number of benzene rings is 1. The summed E-state index contributed by atoms with van der Waals surface area (Å²) in [7, 11) is 0. The second kappa shape index (κ2) is 7.16. The summed E-state index contributed by atoms with van der Waals surface area (Å²) in [5.74, 6) is -1.13. The van der Waals surface area contributed by atoms with Crippen LogP contribution >= 0.6 is 0 Å². The summed E-state index contributed by atoms with van der Waals surface area (Å²) in [5, 5.41) is 17.7. The lowest BCUT2D eigenvalue weighted by Gasteiger charge is -2.21. The molecule has 0 amide bonds. The third-order valence-electron chi connectivity index (χ3n) is 3.61. The lowest BCUT2D eigenvalue weighted by molar-refractivity contribution is -0.138. The number of aliphatic carboxylic acids is 1. The van der Waals surface area contributed by atoms with Gasteiger partial charge < -0.3 is 5.11 Å². The number of carboxylic acids is 1. The SMILES string of the molecule is N#Cc1ccc(F)c(CN2CCCN(CC(=O)O)CC2)c1. The summed E-state index contributed by atoms with van der Waals surface area (Å²) < 4.78 is 13.8. The average molecular weight is 291 g/mol. The molecule has 0 radical (unpaired) electrons. The van der Waals surface area contributed by atoms with Crippen LogP contribution in [0.25, 0.3) is 0 Å². The molecule has 0 aromatic heterocycles. The summed E-state index contributed by atoms with van der Waals surface area (Å²) in [6, 6.07) is 6.38. The molecule has 6 heteroatoms. The largest absolute Gasteiger partial charge is 0.480 e. The molecule has 0 spiro atoms. The first-order valence-electron chi connectivity index (χ1n) is 6.93. The van der Waals surface area contributed by atoms with Crippen LogP contribution in [0, 0.1) is 17.1 Å². The molecule has 5 nitrogen and oxygen atoms in total. The number of carboxylic acid groups (broad SMARTS) is 1. The zero-order valence-corrected chi connectivity index (χ0v) is 11.8. The van der Waals surface area contributed by atoms with Gasteiger partial charge in [-0.15, -0.1) is 0 Å². The van der Waals surface area contributed by atoms with E-state index in [-0.39, 0.29) is 12.4 Å².